The number of aromatic nitrogens is 2. The van der Waals surface area contributed by atoms with Crippen molar-refractivity contribution in [2.75, 3.05) is 0 Å². The van der Waals surface area contributed by atoms with Crippen LogP contribution in [0.15, 0.2) is 0 Å². The summed E-state index contributed by atoms with van der Waals surface area (Å²) in [6, 6.07) is 0.0316. The second kappa shape index (κ2) is 6.02. The van der Waals surface area contributed by atoms with Crippen molar-refractivity contribution in [2.24, 2.45) is 5.73 Å². The highest BCUT2D eigenvalue weighted by atomic mass is 35.5. The molecule has 1 aromatic rings. The zero-order chi connectivity index (χ0) is 13.0. The highest BCUT2D eigenvalue weighted by molar-refractivity contribution is 6.31. The average molecular weight is 259 g/mol. The van der Waals surface area contributed by atoms with E-state index < -0.39 is 0 Å². The zero-order valence-corrected chi connectivity index (χ0v) is 11.2. The predicted octanol–water partition coefficient (Wildman–Crippen LogP) is 1.22. The molecule has 5 nitrogen and oxygen atoms in total. The van der Waals surface area contributed by atoms with Crippen LogP contribution in [0.3, 0.4) is 0 Å². The number of nitrogens with two attached hydrogens (primary N) is 1. The number of hydrogen-bond acceptors (Lipinski definition) is 3. The highest BCUT2D eigenvalue weighted by Gasteiger charge is 2.13. The molecule has 0 saturated heterocycles. The molecule has 6 heteroatoms. The summed E-state index contributed by atoms with van der Waals surface area (Å²) >= 11 is 6.17. The van der Waals surface area contributed by atoms with Crippen LogP contribution in [0.25, 0.3) is 0 Å². The van der Waals surface area contributed by atoms with Gasteiger partial charge in [0.25, 0.3) is 0 Å². The molecule has 0 bridgehead atoms. The number of primary amides is 1. The standard InChI is InChI=1S/C11H19ClN4O/c1-4-16-9(11(12)8(3)15-16)6-14-7(2)5-10(13)17/h7,14H,4-6H2,1-3H3,(H2,13,17). The number of carbonyl (C=O) groups excluding carboxylic acids is 1. The molecule has 0 aliphatic carbocycles. The maximum Gasteiger partial charge on any atom is 0.218 e. The number of halogens is 1. The summed E-state index contributed by atoms with van der Waals surface area (Å²) < 4.78 is 1.86. The fourth-order valence-corrected chi connectivity index (χ4v) is 1.88. The van der Waals surface area contributed by atoms with Crippen molar-refractivity contribution < 1.29 is 4.79 Å². The van der Waals surface area contributed by atoms with Gasteiger partial charge in [0.05, 0.1) is 16.4 Å². The van der Waals surface area contributed by atoms with E-state index in [2.05, 4.69) is 10.4 Å². The van der Waals surface area contributed by atoms with Crippen LogP contribution in [0, 0.1) is 6.92 Å². The Morgan fingerprint density at radius 3 is 2.82 bits per heavy atom. The molecule has 0 aromatic carbocycles. The molecule has 17 heavy (non-hydrogen) atoms. The van der Waals surface area contributed by atoms with Crippen molar-refractivity contribution in [1.82, 2.24) is 15.1 Å². The minimum absolute atomic E-state index is 0.0316. The van der Waals surface area contributed by atoms with E-state index in [9.17, 15) is 4.79 Å². The Labute approximate surface area is 106 Å². The van der Waals surface area contributed by atoms with E-state index >= 15 is 0 Å². The van der Waals surface area contributed by atoms with Crippen molar-refractivity contribution in [1.29, 1.82) is 0 Å². The molecule has 0 fully saturated rings. The van der Waals surface area contributed by atoms with Crippen LogP contribution in [-0.2, 0) is 17.9 Å². The van der Waals surface area contributed by atoms with E-state index in [4.69, 9.17) is 17.3 Å². The van der Waals surface area contributed by atoms with Crippen LogP contribution in [-0.4, -0.2) is 21.7 Å². The molecule has 1 amide bonds. The van der Waals surface area contributed by atoms with Gasteiger partial charge in [-0.2, -0.15) is 5.10 Å². The van der Waals surface area contributed by atoms with Gasteiger partial charge in [0, 0.05) is 25.6 Å². The molecule has 3 N–H and O–H groups in total. The molecule has 96 valence electrons. The number of rotatable bonds is 6. The minimum Gasteiger partial charge on any atom is -0.370 e. The molecular weight excluding hydrogens is 240 g/mol. The SMILES string of the molecule is CCn1nc(C)c(Cl)c1CNC(C)CC(N)=O. The number of amides is 1. The first-order chi connectivity index (χ1) is 7.95. The summed E-state index contributed by atoms with van der Waals surface area (Å²) in [6.07, 6.45) is 0.316. The van der Waals surface area contributed by atoms with E-state index in [0.29, 0.717) is 18.0 Å². The largest absolute Gasteiger partial charge is 0.370 e. The molecule has 1 atom stereocenters. The van der Waals surface area contributed by atoms with E-state index in [1.807, 2.05) is 25.5 Å². The molecule has 0 aliphatic rings. The predicted molar refractivity (Wildman–Crippen MR) is 67.8 cm³/mol. The van der Waals surface area contributed by atoms with Gasteiger partial charge in [-0.1, -0.05) is 11.6 Å². The van der Waals surface area contributed by atoms with E-state index in [1.165, 1.54) is 0 Å². The third-order valence-electron chi connectivity index (χ3n) is 2.58. The van der Waals surface area contributed by atoms with Crippen LogP contribution in [0.4, 0.5) is 0 Å². The highest BCUT2D eigenvalue weighted by Crippen LogP contribution is 2.20. The topological polar surface area (TPSA) is 72.9 Å². The second-order valence-electron chi connectivity index (χ2n) is 4.11. The number of nitrogens with zero attached hydrogens (tertiary/aromatic N) is 2. The Morgan fingerprint density at radius 1 is 1.65 bits per heavy atom. The summed E-state index contributed by atoms with van der Waals surface area (Å²) in [5.41, 5.74) is 6.90. The first kappa shape index (κ1) is 14.0. The van der Waals surface area contributed by atoms with Crippen molar-refractivity contribution in [3.8, 4) is 0 Å². The number of hydrogen-bond donors (Lipinski definition) is 2. The molecule has 1 heterocycles. The lowest BCUT2D eigenvalue weighted by molar-refractivity contribution is -0.118. The summed E-state index contributed by atoms with van der Waals surface area (Å²) in [7, 11) is 0. The summed E-state index contributed by atoms with van der Waals surface area (Å²) in [4.78, 5) is 10.8. The van der Waals surface area contributed by atoms with Gasteiger partial charge in [-0.25, -0.2) is 0 Å². The molecule has 0 radical (unpaired) electrons. The smallest absolute Gasteiger partial charge is 0.218 e. The molecule has 1 unspecified atom stereocenters. The van der Waals surface area contributed by atoms with Gasteiger partial charge in [-0.15, -0.1) is 0 Å². The third kappa shape index (κ3) is 3.71. The van der Waals surface area contributed by atoms with Gasteiger partial charge in [0.1, 0.15) is 0 Å². The van der Waals surface area contributed by atoms with Crippen molar-refractivity contribution in [3.63, 3.8) is 0 Å². The molecular formula is C11H19ClN4O. The maximum atomic E-state index is 10.8. The summed E-state index contributed by atoms with van der Waals surface area (Å²) in [5, 5.41) is 8.22. The van der Waals surface area contributed by atoms with E-state index in [1.54, 1.807) is 0 Å². The first-order valence-corrected chi connectivity index (χ1v) is 6.07. The van der Waals surface area contributed by atoms with Crippen LogP contribution >= 0.6 is 11.6 Å². The zero-order valence-electron chi connectivity index (χ0n) is 10.5. The lowest BCUT2D eigenvalue weighted by atomic mass is 10.2. The fourth-order valence-electron chi connectivity index (χ4n) is 1.68. The van der Waals surface area contributed by atoms with Crippen molar-refractivity contribution in [2.45, 2.75) is 46.3 Å². The first-order valence-electron chi connectivity index (χ1n) is 5.69. The lowest BCUT2D eigenvalue weighted by Crippen LogP contribution is -2.31. The molecule has 0 aliphatic heterocycles. The van der Waals surface area contributed by atoms with Gasteiger partial charge in [0.15, 0.2) is 0 Å². The van der Waals surface area contributed by atoms with Gasteiger partial charge in [0.2, 0.25) is 5.91 Å². The van der Waals surface area contributed by atoms with Crippen molar-refractivity contribution in [3.05, 3.63) is 16.4 Å². The van der Waals surface area contributed by atoms with Crippen LogP contribution in [0.5, 0.6) is 0 Å². The van der Waals surface area contributed by atoms with Gasteiger partial charge in [-0.05, 0) is 20.8 Å². The van der Waals surface area contributed by atoms with Crippen molar-refractivity contribution >= 4 is 17.5 Å². The van der Waals surface area contributed by atoms with Crippen LogP contribution in [0.2, 0.25) is 5.02 Å². The van der Waals surface area contributed by atoms with E-state index in [-0.39, 0.29) is 11.9 Å². The molecule has 0 spiro atoms. The van der Waals surface area contributed by atoms with Gasteiger partial charge >= 0.3 is 0 Å². The Bertz CT molecular complexity index is 402. The van der Waals surface area contributed by atoms with Gasteiger partial charge in [-0.3, -0.25) is 9.48 Å². The summed E-state index contributed by atoms with van der Waals surface area (Å²) in [6.45, 7) is 7.17. The fraction of sp³-hybridized carbons (Fsp3) is 0.636. The third-order valence-corrected chi connectivity index (χ3v) is 3.07. The second-order valence-corrected chi connectivity index (χ2v) is 4.49. The lowest BCUT2D eigenvalue weighted by Gasteiger charge is -2.12. The quantitative estimate of drug-likeness (QED) is 0.806. The average Bonchev–Trinajstić information content (AvgIpc) is 2.51. The number of nitrogens with one attached hydrogen (secondary N) is 1. The Morgan fingerprint density at radius 2 is 2.29 bits per heavy atom. The number of aryl methyl sites for hydroxylation is 2. The monoisotopic (exact) mass is 258 g/mol. The normalized spacial score (nSPS) is 12.7. The molecule has 1 rings (SSSR count). The maximum absolute atomic E-state index is 10.8. The van der Waals surface area contributed by atoms with E-state index in [0.717, 1.165) is 17.9 Å². The molecule has 0 saturated carbocycles. The van der Waals surface area contributed by atoms with Gasteiger partial charge < -0.3 is 11.1 Å². The summed E-state index contributed by atoms with van der Waals surface area (Å²) in [5.74, 6) is -0.309. The van der Waals surface area contributed by atoms with Crippen LogP contribution in [0.1, 0.15) is 31.7 Å². The molecule has 1 aromatic heterocycles. The number of carbonyl (C=O) groups is 1. The Balaban J connectivity index is 2.65. The minimum atomic E-state index is -0.309. The Kier molecular flexibility index (Phi) is 4.96. The van der Waals surface area contributed by atoms with Crippen LogP contribution < -0.4 is 11.1 Å². The Hall–Kier alpha value is -1.07.